The van der Waals surface area contributed by atoms with Crippen molar-refractivity contribution in [2.75, 3.05) is 0 Å². The molecule has 0 unspecified atom stereocenters. The van der Waals surface area contributed by atoms with Crippen LogP contribution in [-0.4, -0.2) is 5.78 Å². The molecule has 2 aromatic rings. The van der Waals surface area contributed by atoms with Crippen molar-refractivity contribution in [2.45, 2.75) is 167 Å². The summed E-state index contributed by atoms with van der Waals surface area (Å²) in [4.78, 5) is 12.6. The first-order valence-corrected chi connectivity index (χ1v) is 18.3. The highest BCUT2D eigenvalue weighted by molar-refractivity contribution is 5.78. The molecule has 2 aliphatic carbocycles. The second-order valence-electron chi connectivity index (χ2n) is 14.2. The highest BCUT2D eigenvalue weighted by Gasteiger charge is 2.23. The molecule has 0 saturated heterocycles. The Bertz CT molecular complexity index is 905. The molecule has 1 nitrogen and oxygen atoms in total. The fraction of sp³-hybridized carbons (Fsp3) is 0.683. The lowest BCUT2D eigenvalue weighted by Gasteiger charge is -2.29. The third-order valence-corrected chi connectivity index (χ3v) is 10.9. The van der Waals surface area contributed by atoms with Gasteiger partial charge in [0.05, 0.1) is 0 Å². The fourth-order valence-corrected chi connectivity index (χ4v) is 7.95. The second-order valence-corrected chi connectivity index (χ2v) is 14.2. The molecule has 42 heavy (non-hydrogen) atoms. The second kappa shape index (κ2) is 18.7. The lowest BCUT2D eigenvalue weighted by atomic mass is 9.77. The van der Waals surface area contributed by atoms with Crippen LogP contribution in [0, 0.1) is 11.8 Å². The summed E-state index contributed by atoms with van der Waals surface area (Å²) < 4.78 is 0. The summed E-state index contributed by atoms with van der Waals surface area (Å²) in [5, 5.41) is 0. The molecule has 0 N–H and O–H groups in total. The Labute approximate surface area is 259 Å². The summed E-state index contributed by atoms with van der Waals surface area (Å²) in [5.74, 6) is 3.92. The van der Waals surface area contributed by atoms with E-state index in [1.54, 1.807) is 11.1 Å². The van der Waals surface area contributed by atoms with Crippen molar-refractivity contribution in [3.8, 4) is 0 Å². The molecule has 0 heterocycles. The normalized spacial score (nSPS) is 22.7. The molecule has 2 fully saturated rings. The van der Waals surface area contributed by atoms with Crippen LogP contribution >= 0.6 is 0 Å². The van der Waals surface area contributed by atoms with Gasteiger partial charge in [0, 0.05) is 12.8 Å². The predicted octanol–water partition coefficient (Wildman–Crippen LogP) is 12.3. The average Bonchev–Trinajstić information content (AvgIpc) is 3.03. The number of rotatable bonds is 18. The summed E-state index contributed by atoms with van der Waals surface area (Å²) in [7, 11) is 0. The predicted molar refractivity (Wildman–Crippen MR) is 181 cm³/mol. The lowest BCUT2D eigenvalue weighted by Crippen LogP contribution is -2.13. The van der Waals surface area contributed by atoms with E-state index >= 15 is 0 Å². The smallest absolute Gasteiger partial charge is 0.132 e. The number of ketones is 1. The lowest BCUT2D eigenvalue weighted by molar-refractivity contribution is -0.119. The van der Waals surface area contributed by atoms with Gasteiger partial charge in [0.1, 0.15) is 5.78 Å². The van der Waals surface area contributed by atoms with E-state index in [1.807, 2.05) is 0 Å². The standard InChI is InChI=1S/C41H62O/c1-3-5-7-11-33-17-25-37(26-18-33)39-29-21-35(22-30-39)13-9-15-41(42)16-10-14-36-23-31-40(32-24-36)38-27-19-34(20-28-38)12-8-6-4-2/h21-24,29-34,37-38H,3-20,25-28H2,1-2H3. The Morgan fingerprint density at radius 1 is 0.524 bits per heavy atom. The molecule has 0 bridgehead atoms. The van der Waals surface area contributed by atoms with E-state index < -0.39 is 0 Å². The molecule has 232 valence electrons. The number of carbonyl (C=O) groups is 1. The van der Waals surface area contributed by atoms with Gasteiger partial charge in [-0.05, 0) is 123 Å². The van der Waals surface area contributed by atoms with Crippen molar-refractivity contribution in [2.24, 2.45) is 11.8 Å². The SMILES string of the molecule is CCCCCC1CCC(c2ccc(CCCC(=O)CCCc3ccc(C4CCC(CCCCC)CC4)cc3)cc2)CC1. The molecule has 0 aliphatic heterocycles. The maximum Gasteiger partial charge on any atom is 0.132 e. The number of aryl methyl sites for hydroxylation is 2. The van der Waals surface area contributed by atoms with E-state index in [1.165, 1.54) is 114 Å². The maximum absolute atomic E-state index is 12.6. The molecule has 2 aromatic carbocycles. The maximum atomic E-state index is 12.6. The van der Waals surface area contributed by atoms with Crippen LogP contribution in [0.15, 0.2) is 48.5 Å². The summed E-state index contributed by atoms with van der Waals surface area (Å²) in [6.45, 7) is 4.61. The summed E-state index contributed by atoms with van der Waals surface area (Å²) in [5.41, 5.74) is 5.87. The molecule has 0 spiro atoms. The Morgan fingerprint density at radius 2 is 0.905 bits per heavy atom. The largest absolute Gasteiger partial charge is 0.300 e. The molecule has 2 saturated carbocycles. The van der Waals surface area contributed by atoms with Crippen LogP contribution in [0.25, 0.3) is 0 Å². The van der Waals surface area contributed by atoms with Crippen molar-refractivity contribution in [3.05, 3.63) is 70.8 Å². The van der Waals surface area contributed by atoms with Crippen molar-refractivity contribution in [1.82, 2.24) is 0 Å². The number of unbranched alkanes of at least 4 members (excludes halogenated alkanes) is 4. The third-order valence-electron chi connectivity index (χ3n) is 10.9. The quantitative estimate of drug-likeness (QED) is 0.163. The highest BCUT2D eigenvalue weighted by atomic mass is 16.1. The first-order chi connectivity index (χ1) is 20.6. The number of Topliss-reactive ketones (excluding diaryl/α,β-unsaturated/α-hetero) is 1. The van der Waals surface area contributed by atoms with Crippen molar-refractivity contribution >= 4 is 5.78 Å². The van der Waals surface area contributed by atoms with Crippen LogP contribution in [0.1, 0.15) is 176 Å². The van der Waals surface area contributed by atoms with Gasteiger partial charge in [-0.15, -0.1) is 0 Å². The number of benzene rings is 2. The van der Waals surface area contributed by atoms with E-state index in [9.17, 15) is 4.79 Å². The molecule has 2 aliphatic rings. The van der Waals surface area contributed by atoms with E-state index in [0.717, 1.165) is 62.2 Å². The minimum atomic E-state index is 0.439. The molecule has 0 radical (unpaired) electrons. The Kier molecular flexibility index (Phi) is 14.7. The minimum Gasteiger partial charge on any atom is -0.300 e. The van der Waals surface area contributed by atoms with Gasteiger partial charge in [-0.2, -0.15) is 0 Å². The first kappa shape index (κ1) is 33.0. The summed E-state index contributed by atoms with van der Waals surface area (Å²) >= 11 is 0. The fourth-order valence-electron chi connectivity index (χ4n) is 7.95. The molecule has 0 atom stereocenters. The van der Waals surface area contributed by atoms with Crippen molar-refractivity contribution < 1.29 is 4.79 Å². The van der Waals surface area contributed by atoms with Gasteiger partial charge in [-0.3, -0.25) is 4.79 Å². The molecule has 0 amide bonds. The van der Waals surface area contributed by atoms with Gasteiger partial charge in [0.15, 0.2) is 0 Å². The summed E-state index contributed by atoms with van der Waals surface area (Å²) in [6.07, 6.45) is 27.9. The van der Waals surface area contributed by atoms with Gasteiger partial charge >= 0.3 is 0 Å². The van der Waals surface area contributed by atoms with E-state index in [0.29, 0.717) is 5.78 Å². The van der Waals surface area contributed by atoms with Crippen LogP contribution in [0.2, 0.25) is 0 Å². The number of hydrogen-bond donors (Lipinski definition) is 0. The zero-order chi connectivity index (χ0) is 29.4. The van der Waals surface area contributed by atoms with E-state index in [-0.39, 0.29) is 0 Å². The third kappa shape index (κ3) is 11.3. The Hall–Kier alpha value is -1.89. The number of hydrogen-bond acceptors (Lipinski definition) is 1. The van der Waals surface area contributed by atoms with Gasteiger partial charge in [-0.25, -0.2) is 0 Å². The average molecular weight is 571 g/mol. The van der Waals surface area contributed by atoms with Crippen LogP contribution in [0.5, 0.6) is 0 Å². The van der Waals surface area contributed by atoms with Crippen LogP contribution in [0.3, 0.4) is 0 Å². The van der Waals surface area contributed by atoms with Gasteiger partial charge in [0.2, 0.25) is 0 Å². The topological polar surface area (TPSA) is 17.1 Å². The number of carbonyl (C=O) groups excluding carboxylic acids is 1. The van der Waals surface area contributed by atoms with Gasteiger partial charge < -0.3 is 0 Å². The van der Waals surface area contributed by atoms with Crippen LogP contribution in [-0.2, 0) is 17.6 Å². The van der Waals surface area contributed by atoms with Gasteiger partial charge in [0.25, 0.3) is 0 Å². The van der Waals surface area contributed by atoms with Crippen LogP contribution in [0.4, 0.5) is 0 Å². The van der Waals surface area contributed by atoms with Crippen molar-refractivity contribution in [3.63, 3.8) is 0 Å². The molecular weight excluding hydrogens is 508 g/mol. The minimum absolute atomic E-state index is 0.439. The Balaban J connectivity index is 1.06. The summed E-state index contributed by atoms with van der Waals surface area (Å²) in [6, 6.07) is 18.8. The van der Waals surface area contributed by atoms with E-state index in [2.05, 4.69) is 62.4 Å². The molecule has 4 rings (SSSR count). The first-order valence-electron chi connectivity index (χ1n) is 18.3. The Morgan fingerprint density at radius 3 is 1.26 bits per heavy atom. The van der Waals surface area contributed by atoms with Crippen LogP contribution < -0.4 is 0 Å². The van der Waals surface area contributed by atoms with Crippen molar-refractivity contribution in [1.29, 1.82) is 0 Å². The zero-order valence-corrected chi connectivity index (χ0v) is 27.4. The zero-order valence-electron chi connectivity index (χ0n) is 27.4. The molecule has 1 heteroatoms. The monoisotopic (exact) mass is 570 g/mol. The van der Waals surface area contributed by atoms with E-state index in [4.69, 9.17) is 0 Å². The highest BCUT2D eigenvalue weighted by Crippen LogP contribution is 2.39. The van der Waals surface area contributed by atoms with Gasteiger partial charge in [-0.1, -0.05) is 114 Å². The molecule has 0 aromatic heterocycles. The molecular formula is C41H62O.